The first-order valence-corrected chi connectivity index (χ1v) is 10.1. The van der Waals surface area contributed by atoms with Gasteiger partial charge in [-0.3, -0.25) is 14.2 Å². The van der Waals surface area contributed by atoms with Crippen LogP contribution >= 0.6 is 11.8 Å². The van der Waals surface area contributed by atoms with Gasteiger partial charge in [0.1, 0.15) is 0 Å². The van der Waals surface area contributed by atoms with E-state index in [9.17, 15) is 9.59 Å². The summed E-state index contributed by atoms with van der Waals surface area (Å²) in [6.45, 7) is 5.46. The molecule has 2 aromatic carbocycles. The number of carbonyl (C=O) groups excluding carboxylic acids is 2. The zero-order valence-corrected chi connectivity index (χ0v) is 17.0. The highest BCUT2D eigenvalue weighted by molar-refractivity contribution is 7.99. The van der Waals surface area contributed by atoms with Gasteiger partial charge in [0.2, 0.25) is 5.91 Å². The number of thioether (sulfide) groups is 1. The molecule has 0 spiro atoms. The molecule has 3 aromatic rings. The number of rotatable bonds is 7. The van der Waals surface area contributed by atoms with Crippen molar-refractivity contribution in [3.8, 4) is 5.69 Å². The van der Waals surface area contributed by atoms with Gasteiger partial charge in [0, 0.05) is 30.6 Å². The minimum Gasteiger partial charge on any atom is -0.350 e. The molecule has 0 bridgehead atoms. The summed E-state index contributed by atoms with van der Waals surface area (Å²) in [7, 11) is 0. The molecule has 28 heavy (non-hydrogen) atoms. The Morgan fingerprint density at radius 3 is 2.61 bits per heavy atom. The molecule has 6 heteroatoms. The van der Waals surface area contributed by atoms with Crippen molar-refractivity contribution >= 4 is 23.5 Å². The summed E-state index contributed by atoms with van der Waals surface area (Å²) in [5, 5.41) is 3.63. The predicted molar refractivity (Wildman–Crippen MR) is 112 cm³/mol. The van der Waals surface area contributed by atoms with Crippen LogP contribution in [0.25, 0.3) is 5.69 Å². The second kappa shape index (κ2) is 8.89. The highest BCUT2D eigenvalue weighted by Gasteiger charge is 2.12. The minimum atomic E-state index is -0.0853. The number of amides is 1. The Kier molecular flexibility index (Phi) is 6.31. The van der Waals surface area contributed by atoms with E-state index in [0.29, 0.717) is 11.3 Å². The van der Waals surface area contributed by atoms with Crippen LogP contribution in [-0.4, -0.2) is 27.0 Å². The molecule has 0 aliphatic carbocycles. The molecule has 1 atom stereocenters. The van der Waals surface area contributed by atoms with E-state index in [0.717, 1.165) is 16.4 Å². The fourth-order valence-electron chi connectivity index (χ4n) is 2.93. The second-order valence-electron chi connectivity index (χ2n) is 6.67. The first-order valence-electron chi connectivity index (χ1n) is 9.07. The summed E-state index contributed by atoms with van der Waals surface area (Å²) in [5.41, 5.74) is 3.82. The largest absolute Gasteiger partial charge is 0.350 e. The van der Waals surface area contributed by atoms with Crippen LogP contribution < -0.4 is 5.32 Å². The van der Waals surface area contributed by atoms with Crippen LogP contribution in [-0.2, 0) is 4.79 Å². The highest BCUT2D eigenvalue weighted by atomic mass is 32.2. The fourth-order valence-corrected chi connectivity index (χ4v) is 3.80. The summed E-state index contributed by atoms with van der Waals surface area (Å²) in [5.74, 6) is 0.277. The molecule has 3 rings (SSSR count). The van der Waals surface area contributed by atoms with Crippen LogP contribution in [0.1, 0.15) is 41.4 Å². The molecule has 1 heterocycles. The number of aromatic nitrogens is 2. The van der Waals surface area contributed by atoms with Crippen LogP contribution in [0.3, 0.4) is 0 Å². The van der Waals surface area contributed by atoms with E-state index >= 15 is 0 Å². The number of Topliss-reactive ketones (excluding diaryl/α,β-unsaturated/α-hetero) is 1. The Bertz CT molecular complexity index is 979. The highest BCUT2D eigenvalue weighted by Crippen LogP contribution is 2.22. The Morgan fingerprint density at radius 2 is 1.93 bits per heavy atom. The van der Waals surface area contributed by atoms with E-state index in [1.807, 2.05) is 67.1 Å². The first kappa shape index (κ1) is 19.9. The quantitative estimate of drug-likeness (QED) is 0.479. The van der Waals surface area contributed by atoms with Crippen molar-refractivity contribution in [3.63, 3.8) is 0 Å². The molecular formula is C22H23N3O2S. The standard InChI is InChI=1S/C22H23N3O2S/c1-15-5-4-6-20(13-15)25-12-11-23-22(25)28-14-21(27)19-9-7-18(8-10-19)16(2)24-17(3)26/h4-13,16H,14H2,1-3H3,(H,24,26)/t16-/m0/s1. The number of ketones is 1. The lowest BCUT2D eigenvalue weighted by atomic mass is 10.0. The Hall–Kier alpha value is -2.86. The lowest BCUT2D eigenvalue weighted by Crippen LogP contribution is -2.23. The molecule has 0 fully saturated rings. The number of benzene rings is 2. The molecule has 0 saturated heterocycles. The van der Waals surface area contributed by atoms with Crippen LogP contribution in [0.2, 0.25) is 0 Å². The zero-order valence-electron chi connectivity index (χ0n) is 16.2. The molecule has 1 aromatic heterocycles. The summed E-state index contributed by atoms with van der Waals surface area (Å²) >= 11 is 1.42. The molecule has 0 radical (unpaired) electrons. The van der Waals surface area contributed by atoms with Crippen molar-refractivity contribution in [1.82, 2.24) is 14.9 Å². The van der Waals surface area contributed by atoms with Crippen molar-refractivity contribution < 1.29 is 9.59 Å². The van der Waals surface area contributed by atoms with Gasteiger partial charge in [0.05, 0.1) is 11.8 Å². The lowest BCUT2D eigenvalue weighted by molar-refractivity contribution is -0.119. The van der Waals surface area contributed by atoms with Gasteiger partial charge in [0.25, 0.3) is 0 Å². The molecule has 0 aliphatic rings. The summed E-state index contributed by atoms with van der Waals surface area (Å²) in [6, 6.07) is 15.5. The molecule has 1 amide bonds. The van der Waals surface area contributed by atoms with E-state index in [-0.39, 0.29) is 17.7 Å². The van der Waals surface area contributed by atoms with Gasteiger partial charge in [-0.2, -0.15) is 0 Å². The maximum absolute atomic E-state index is 12.6. The van der Waals surface area contributed by atoms with Crippen LogP contribution in [0.15, 0.2) is 66.1 Å². The summed E-state index contributed by atoms with van der Waals surface area (Å²) in [4.78, 5) is 28.1. The zero-order chi connectivity index (χ0) is 20.1. The van der Waals surface area contributed by atoms with Crippen molar-refractivity contribution in [2.24, 2.45) is 0 Å². The van der Waals surface area contributed by atoms with Crippen molar-refractivity contribution in [3.05, 3.63) is 77.6 Å². The molecule has 0 aliphatic heterocycles. The summed E-state index contributed by atoms with van der Waals surface area (Å²) in [6.07, 6.45) is 3.65. The monoisotopic (exact) mass is 393 g/mol. The SMILES string of the molecule is CC(=O)N[C@@H](C)c1ccc(C(=O)CSc2nccn2-c2cccc(C)c2)cc1. The van der Waals surface area contributed by atoms with E-state index < -0.39 is 0 Å². The minimum absolute atomic E-state index is 0.0440. The number of hydrogen-bond donors (Lipinski definition) is 1. The van der Waals surface area contributed by atoms with Crippen molar-refractivity contribution in [2.75, 3.05) is 5.75 Å². The van der Waals surface area contributed by atoms with Gasteiger partial charge in [-0.05, 0) is 37.1 Å². The van der Waals surface area contributed by atoms with Crippen molar-refractivity contribution in [2.45, 2.75) is 32.0 Å². The van der Waals surface area contributed by atoms with Gasteiger partial charge in [0.15, 0.2) is 10.9 Å². The molecule has 1 N–H and O–H groups in total. The topological polar surface area (TPSA) is 64.0 Å². The maximum atomic E-state index is 12.6. The number of imidazole rings is 1. The van der Waals surface area contributed by atoms with Gasteiger partial charge < -0.3 is 5.32 Å². The molecule has 0 unspecified atom stereocenters. The average Bonchev–Trinajstić information content (AvgIpc) is 3.14. The second-order valence-corrected chi connectivity index (χ2v) is 7.62. The van der Waals surface area contributed by atoms with E-state index in [2.05, 4.69) is 16.4 Å². The predicted octanol–water partition coefficient (Wildman–Crippen LogP) is 4.35. The van der Waals surface area contributed by atoms with E-state index in [4.69, 9.17) is 0 Å². The molecule has 0 saturated carbocycles. The number of nitrogens with one attached hydrogen (secondary N) is 1. The number of hydrogen-bond acceptors (Lipinski definition) is 4. The van der Waals surface area contributed by atoms with Crippen LogP contribution in [0, 0.1) is 6.92 Å². The smallest absolute Gasteiger partial charge is 0.217 e. The van der Waals surface area contributed by atoms with Crippen molar-refractivity contribution in [1.29, 1.82) is 0 Å². The maximum Gasteiger partial charge on any atom is 0.217 e. The molecular weight excluding hydrogens is 370 g/mol. The third-order valence-corrected chi connectivity index (χ3v) is 5.34. The number of nitrogens with zero attached hydrogens (tertiary/aromatic N) is 2. The first-order chi connectivity index (χ1) is 13.4. The van der Waals surface area contributed by atoms with E-state index in [1.54, 1.807) is 6.20 Å². The fraction of sp³-hybridized carbons (Fsp3) is 0.227. The van der Waals surface area contributed by atoms with Gasteiger partial charge >= 0.3 is 0 Å². The number of carbonyl (C=O) groups is 2. The normalized spacial score (nSPS) is 11.8. The Labute approximate surface area is 169 Å². The average molecular weight is 394 g/mol. The van der Waals surface area contributed by atoms with Gasteiger partial charge in [-0.15, -0.1) is 0 Å². The third kappa shape index (κ3) is 4.89. The van der Waals surface area contributed by atoms with Crippen LogP contribution in [0.5, 0.6) is 0 Å². The molecule has 144 valence electrons. The number of aryl methyl sites for hydroxylation is 1. The van der Waals surface area contributed by atoms with E-state index in [1.165, 1.54) is 24.2 Å². The lowest BCUT2D eigenvalue weighted by Gasteiger charge is -2.13. The van der Waals surface area contributed by atoms with Gasteiger partial charge in [-0.1, -0.05) is 48.2 Å². The summed E-state index contributed by atoms with van der Waals surface area (Å²) < 4.78 is 1.99. The Balaban J connectivity index is 1.65. The van der Waals surface area contributed by atoms with Crippen LogP contribution in [0.4, 0.5) is 0 Å². The Morgan fingerprint density at radius 1 is 1.18 bits per heavy atom. The molecule has 5 nitrogen and oxygen atoms in total. The van der Waals surface area contributed by atoms with Gasteiger partial charge in [-0.25, -0.2) is 4.98 Å². The third-order valence-electron chi connectivity index (χ3n) is 4.37.